The first kappa shape index (κ1) is 13.9. The molecular weight excluding hydrogens is 246 g/mol. The average molecular weight is 273 g/mol. The van der Waals surface area contributed by atoms with Gasteiger partial charge in [-0.3, -0.25) is 0 Å². The number of benzene rings is 1. The summed E-state index contributed by atoms with van der Waals surface area (Å²) in [5.41, 5.74) is 3.00. The van der Waals surface area contributed by atoms with E-state index in [0.29, 0.717) is 6.04 Å². The van der Waals surface area contributed by atoms with Crippen LogP contribution in [-0.4, -0.2) is 13.7 Å². The highest BCUT2D eigenvalue weighted by atomic mass is 16.5. The number of rotatable bonds is 2. The molecule has 3 atom stereocenters. The fraction of sp³-hybridized carbons (Fsp3) is 0.667. The quantitative estimate of drug-likeness (QED) is 0.881. The molecule has 20 heavy (non-hydrogen) atoms. The Morgan fingerprint density at radius 2 is 1.85 bits per heavy atom. The van der Waals surface area contributed by atoms with Crippen LogP contribution in [0.2, 0.25) is 0 Å². The molecule has 0 spiro atoms. The average Bonchev–Trinajstić information content (AvgIpc) is 2.45. The molecule has 1 aliphatic heterocycles. The summed E-state index contributed by atoms with van der Waals surface area (Å²) < 4.78 is 5.43. The predicted molar refractivity (Wildman–Crippen MR) is 83.1 cm³/mol. The van der Waals surface area contributed by atoms with Gasteiger partial charge in [-0.1, -0.05) is 19.9 Å². The molecule has 2 heteroatoms. The first-order valence-corrected chi connectivity index (χ1v) is 8.07. The molecule has 2 aliphatic rings. The van der Waals surface area contributed by atoms with Crippen molar-refractivity contribution in [3.05, 3.63) is 29.3 Å². The van der Waals surface area contributed by atoms with Crippen LogP contribution < -0.4 is 10.1 Å². The number of methoxy groups -OCH3 is 1. The Balaban J connectivity index is 1.88. The molecule has 1 N–H and O–H groups in total. The van der Waals surface area contributed by atoms with E-state index in [9.17, 15) is 0 Å². The largest absolute Gasteiger partial charge is 0.497 e. The van der Waals surface area contributed by atoms with Gasteiger partial charge in [-0.05, 0) is 73.2 Å². The van der Waals surface area contributed by atoms with Gasteiger partial charge in [0.25, 0.3) is 0 Å². The zero-order valence-corrected chi connectivity index (χ0v) is 13.0. The van der Waals surface area contributed by atoms with E-state index in [1.54, 1.807) is 7.11 Å². The van der Waals surface area contributed by atoms with Crippen molar-refractivity contribution in [2.24, 2.45) is 17.8 Å². The fourth-order valence-corrected chi connectivity index (χ4v) is 4.39. The molecule has 3 unspecified atom stereocenters. The summed E-state index contributed by atoms with van der Waals surface area (Å²) in [4.78, 5) is 0. The van der Waals surface area contributed by atoms with E-state index < -0.39 is 0 Å². The van der Waals surface area contributed by atoms with E-state index in [4.69, 9.17) is 4.74 Å². The van der Waals surface area contributed by atoms with Crippen molar-refractivity contribution in [3.63, 3.8) is 0 Å². The molecule has 1 saturated carbocycles. The van der Waals surface area contributed by atoms with Crippen LogP contribution in [0.4, 0.5) is 0 Å². The van der Waals surface area contributed by atoms with E-state index in [1.165, 1.54) is 30.4 Å². The molecule has 1 aromatic carbocycles. The molecule has 110 valence electrons. The second kappa shape index (κ2) is 5.77. The van der Waals surface area contributed by atoms with Crippen molar-refractivity contribution >= 4 is 0 Å². The van der Waals surface area contributed by atoms with Gasteiger partial charge in [0.15, 0.2) is 0 Å². The maximum atomic E-state index is 5.43. The Morgan fingerprint density at radius 3 is 2.55 bits per heavy atom. The lowest BCUT2D eigenvalue weighted by atomic mass is 9.71. The highest BCUT2D eigenvalue weighted by molar-refractivity contribution is 5.39. The highest BCUT2D eigenvalue weighted by Crippen LogP contribution is 2.42. The van der Waals surface area contributed by atoms with Crippen LogP contribution in [-0.2, 0) is 6.42 Å². The van der Waals surface area contributed by atoms with Gasteiger partial charge in [0.1, 0.15) is 5.75 Å². The number of hydrogen-bond donors (Lipinski definition) is 1. The summed E-state index contributed by atoms with van der Waals surface area (Å²) in [6.07, 6.45) is 5.26. The van der Waals surface area contributed by atoms with Crippen LogP contribution in [0.15, 0.2) is 18.2 Å². The van der Waals surface area contributed by atoms with E-state index in [0.717, 1.165) is 36.5 Å². The third-order valence-corrected chi connectivity index (χ3v) is 5.13. The van der Waals surface area contributed by atoms with E-state index in [2.05, 4.69) is 37.4 Å². The SMILES string of the molecule is COc1ccc2c(c1)C(C1CC(C)CC(C)C1)NCC2. The molecule has 1 aliphatic carbocycles. The summed E-state index contributed by atoms with van der Waals surface area (Å²) in [6.45, 7) is 5.94. The maximum absolute atomic E-state index is 5.43. The predicted octanol–water partition coefficient (Wildman–Crippen LogP) is 3.95. The zero-order valence-electron chi connectivity index (χ0n) is 13.0. The van der Waals surface area contributed by atoms with Gasteiger partial charge in [0.05, 0.1) is 7.11 Å². The minimum atomic E-state index is 0.527. The van der Waals surface area contributed by atoms with Crippen LogP contribution in [0, 0.1) is 17.8 Å². The second-order valence-electron chi connectivity index (χ2n) is 6.92. The molecule has 0 radical (unpaired) electrons. The minimum absolute atomic E-state index is 0.527. The smallest absolute Gasteiger partial charge is 0.119 e. The lowest BCUT2D eigenvalue weighted by Crippen LogP contribution is -2.37. The Labute approximate surface area is 122 Å². The fourth-order valence-electron chi connectivity index (χ4n) is 4.39. The van der Waals surface area contributed by atoms with E-state index in [-0.39, 0.29) is 0 Å². The number of hydrogen-bond acceptors (Lipinski definition) is 2. The zero-order chi connectivity index (χ0) is 14.1. The van der Waals surface area contributed by atoms with Crippen molar-refractivity contribution in [3.8, 4) is 5.75 Å². The third kappa shape index (κ3) is 2.71. The molecule has 1 fully saturated rings. The second-order valence-corrected chi connectivity index (χ2v) is 6.92. The first-order chi connectivity index (χ1) is 9.67. The van der Waals surface area contributed by atoms with Crippen molar-refractivity contribution in [2.75, 3.05) is 13.7 Å². The summed E-state index contributed by atoms with van der Waals surface area (Å²) >= 11 is 0. The van der Waals surface area contributed by atoms with Crippen molar-refractivity contribution in [2.45, 2.75) is 45.6 Å². The van der Waals surface area contributed by atoms with Crippen LogP contribution in [0.5, 0.6) is 5.75 Å². The molecule has 0 bridgehead atoms. The van der Waals surface area contributed by atoms with Crippen molar-refractivity contribution < 1.29 is 4.74 Å². The molecule has 1 heterocycles. The topological polar surface area (TPSA) is 21.3 Å². The number of nitrogens with one attached hydrogen (secondary N) is 1. The molecule has 1 aromatic rings. The van der Waals surface area contributed by atoms with Crippen molar-refractivity contribution in [1.29, 1.82) is 0 Å². The molecule has 3 rings (SSSR count). The summed E-state index contributed by atoms with van der Waals surface area (Å²) in [5.74, 6) is 3.50. The Hall–Kier alpha value is -1.02. The standard InChI is InChI=1S/C18H27NO/c1-12-8-13(2)10-15(9-12)18-17-11-16(20-3)5-4-14(17)6-7-19-18/h4-5,11-13,15,18-19H,6-10H2,1-3H3. The third-order valence-electron chi connectivity index (χ3n) is 5.13. The number of ether oxygens (including phenoxy) is 1. The molecule has 0 amide bonds. The Morgan fingerprint density at radius 1 is 1.10 bits per heavy atom. The summed E-state index contributed by atoms with van der Waals surface area (Å²) in [7, 11) is 1.76. The van der Waals surface area contributed by atoms with Gasteiger partial charge in [0.2, 0.25) is 0 Å². The first-order valence-electron chi connectivity index (χ1n) is 8.07. The lowest BCUT2D eigenvalue weighted by Gasteiger charge is -2.39. The maximum Gasteiger partial charge on any atom is 0.119 e. The summed E-state index contributed by atoms with van der Waals surface area (Å²) in [5, 5.41) is 3.78. The summed E-state index contributed by atoms with van der Waals surface area (Å²) in [6, 6.07) is 7.15. The molecule has 2 nitrogen and oxygen atoms in total. The van der Waals surface area contributed by atoms with Gasteiger partial charge in [-0.2, -0.15) is 0 Å². The lowest BCUT2D eigenvalue weighted by molar-refractivity contribution is 0.173. The van der Waals surface area contributed by atoms with Gasteiger partial charge >= 0.3 is 0 Å². The normalized spacial score (nSPS) is 33.5. The monoisotopic (exact) mass is 273 g/mol. The van der Waals surface area contributed by atoms with E-state index >= 15 is 0 Å². The molecular formula is C18H27NO. The minimum Gasteiger partial charge on any atom is -0.497 e. The van der Waals surface area contributed by atoms with Crippen LogP contribution >= 0.6 is 0 Å². The number of fused-ring (bicyclic) bond motifs is 1. The van der Waals surface area contributed by atoms with Crippen LogP contribution in [0.1, 0.15) is 50.3 Å². The molecule has 0 saturated heterocycles. The highest BCUT2D eigenvalue weighted by Gasteiger charge is 2.33. The van der Waals surface area contributed by atoms with Gasteiger partial charge in [-0.25, -0.2) is 0 Å². The van der Waals surface area contributed by atoms with Crippen LogP contribution in [0.25, 0.3) is 0 Å². The van der Waals surface area contributed by atoms with Gasteiger partial charge in [-0.15, -0.1) is 0 Å². The van der Waals surface area contributed by atoms with Crippen molar-refractivity contribution in [1.82, 2.24) is 5.32 Å². The van der Waals surface area contributed by atoms with E-state index in [1.807, 2.05) is 0 Å². The van der Waals surface area contributed by atoms with Gasteiger partial charge < -0.3 is 10.1 Å². The molecule has 0 aromatic heterocycles. The Bertz CT molecular complexity index is 460. The van der Waals surface area contributed by atoms with Gasteiger partial charge in [0, 0.05) is 6.04 Å². The Kier molecular flexibility index (Phi) is 4.02. The van der Waals surface area contributed by atoms with Crippen LogP contribution in [0.3, 0.4) is 0 Å².